The molecule has 2 fully saturated rings. The molecule has 0 aliphatic carbocycles. The number of hydrogen-bond donors (Lipinski definition) is 5. The number of benzene rings is 3. The molecule has 1 unspecified atom stereocenters. The molecule has 5 N–H and O–H groups in total. The monoisotopic (exact) mass is 958 g/mol. The van der Waals surface area contributed by atoms with Crippen LogP contribution in [0.4, 0.5) is 13.2 Å². The van der Waals surface area contributed by atoms with E-state index < -0.39 is 104 Å². The van der Waals surface area contributed by atoms with Crippen molar-refractivity contribution >= 4 is 13.7 Å². The number of hydrogen-bond acceptors (Lipinski definition) is 14. The van der Waals surface area contributed by atoms with Crippen LogP contribution in [0.2, 0.25) is 0 Å². The van der Waals surface area contributed by atoms with Gasteiger partial charge in [-0.25, -0.2) is 19.2 Å². The number of halogens is 3. The molecule has 0 radical (unpaired) electrons. The van der Waals surface area contributed by atoms with E-state index in [1.54, 1.807) is 78.9 Å². The Morgan fingerprint density at radius 1 is 0.836 bits per heavy atom. The van der Waals surface area contributed by atoms with E-state index in [-0.39, 0.29) is 12.0 Å². The molecule has 8 atom stereocenters. The quantitative estimate of drug-likeness (QED) is 0.0664. The van der Waals surface area contributed by atoms with Crippen LogP contribution in [0.1, 0.15) is 41.1 Å². The molecule has 0 saturated carbocycles. The van der Waals surface area contributed by atoms with Crippen LogP contribution in [-0.2, 0) is 38.2 Å². The molecule has 7 rings (SSSR count). The van der Waals surface area contributed by atoms with Crippen LogP contribution in [0.5, 0.6) is 11.5 Å². The van der Waals surface area contributed by atoms with E-state index in [1.165, 1.54) is 27.3 Å². The lowest BCUT2D eigenvalue weighted by Gasteiger charge is -2.37. The number of ether oxygens (including phenoxy) is 5. The molecule has 24 heteroatoms. The third-order valence-electron chi connectivity index (χ3n) is 11.3. The first-order chi connectivity index (χ1) is 31.9. The zero-order chi connectivity index (χ0) is 48.3. The standard InChI is InChI=1S/C43H46F3N6O14P/c1-24-22-52(41(58)50-37(24)55)34-20-30(53)31(64-34)21-47-67(59,62-4)66-36-32(65-38(35(36)49-39(56)43(44,45)46)51-19-18-33(54)48-40(51)57)23-63-42(25-8-6-5-7-9-25,26-10-14-28(60-2)15-11-26)27-12-16-29(61-3)17-13-27/h5-19,22,30-32,34-36,38,53H,20-21,23H2,1-4H3,(H,47,59)(H,49,56)(H,48,54,57)(H,50,55,58)/t30-,31+,32+,34+,35+,36+,38+,67?/m0/s1. The predicted molar refractivity (Wildman–Crippen MR) is 230 cm³/mol. The number of nitrogens with one attached hydrogen (secondary N) is 4. The average Bonchev–Trinajstić information content (AvgIpc) is 3.85. The number of amides is 1. The van der Waals surface area contributed by atoms with Crippen LogP contribution in [0, 0.1) is 6.92 Å². The molecule has 4 heterocycles. The van der Waals surface area contributed by atoms with E-state index >= 15 is 0 Å². The third-order valence-corrected chi connectivity index (χ3v) is 12.9. The number of nitrogens with zero attached hydrogens (tertiary/aromatic N) is 2. The maximum absolute atomic E-state index is 14.6. The van der Waals surface area contributed by atoms with Crippen LogP contribution >= 0.6 is 7.75 Å². The van der Waals surface area contributed by atoms with E-state index in [0.717, 1.165) is 23.9 Å². The fraction of sp³-hybridized carbons (Fsp3) is 0.372. The molecule has 3 aromatic carbocycles. The summed E-state index contributed by atoms with van der Waals surface area (Å²) in [5, 5.41) is 15.3. The number of aromatic amines is 2. The topological polar surface area (TPSA) is 253 Å². The maximum Gasteiger partial charge on any atom is 0.471 e. The minimum absolute atomic E-state index is 0.154. The van der Waals surface area contributed by atoms with E-state index in [0.29, 0.717) is 32.8 Å². The number of carbonyl (C=O) groups excluding carboxylic acids is 1. The summed E-state index contributed by atoms with van der Waals surface area (Å²) in [4.78, 5) is 67.0. The van der Waals surface area contributed by atoms with Gasteiger partial charge in [-0.05, 0) is 47.9 Å². The van der Waals surface area contributed by atoms with Gasteiger partial charge in [-0.2, -0.15) is 13.2 Å². The Balaban J connectivity index is 1.29. The van der Waals surface area contributed by atoms with Crippen LogP contribution in [-0.4, -0.2) is 101 Å². The summed E-state index contributed by atoms with van der Waals surface area (Å²) in [5.41, 5.74) is -3.26. The first-order valence-electron chi connectivity index (χ1n) is 20.5. The zero-order valence-corrected chi connectivity index (χ0v) is 37.0. The number of aryl methyl sites for hydroxylation is 1. The van der Waals surface area contributed by atoms with Gasteiger partial charge in [0.1, 0.15) is 41.6 Å². The van der Waals surface area contributed by atoms with Gasteiger partial charge in [-0.3, -0.25) is 38.0 Å². The van der Waals surface area contributed by atoms with E-state index in [4.69, 9.17) is 32.7 Å². The van der Waals surface area contributed by atoms with Crippen LogP contribution in [0.15, 0.2) is 117 Å². The number of aromatic nitrogens is 4. The second-order valence-electron chi connectivity index (χ2n) is 15.4. The zero-order valence-electron chi connectivity index (χ0n) is 36.1. The van der Waals surface area contributed by atoms with Crippen molar-refractivity contribution in [3.63, 3.8) is 0 Å². The average molecular weight is 959 g/mol. The van der Waals surface area contributed by atoms with Crippen molar-refractivity contribution in [1.29, 1.82) is 0 Å². The van der Waals surface area contributed by atoms with Crippen LogP contribution in [0.3, 0.4) is 0 Å². The van der Waals surface area contributed by atoms with Crippen molar-refractivity contribution in [2.45, 2.75) is 68.0 Å². The summed E-state index contributed by atoms with van der Waals surface area (Å²) in [6.07, 6.45) is -12.5. The van der Waals surface area contributed by atoms with Crippen LogP contribution < -0.4 is 42.4 Å². The fourth-order valence-electron chi connectivity index (χ4n) is 7.91. The second kappa shape index (κ2) is 20.0. The summed E-state index contributed by atoms with van der Waals surface area (Å²) < 4.78 is 100. The number of methoxy groups -OCH3 is 2. The molecular formula is C43H46F3N6O14P. The van der Waals surface area contributed by atoms with Gasteiger partial charge in [0.2, 0.25) is 0 Å². The Morgan fingerprint density at radius 2 is 1.43 bits per heavy atom. The largest absolute Gasteiger partial charge is 0.497 e. The van der Waals surface area contributed by atoms with Gasteiger partial charge in [-0.15, -0.1) is 0 Å². The molecule has 67 heavy (non-hydrogen) atoms. The normalized spacial score (nSPS) is 22.8. The van der Waals surface area contributed by atoms with Crippen LogP contribution in [0.25, 0.3) is 0 Å². The Labute approximate surface area is 378 Å². The van der Waals surface area contributed by atoms with Gasteiger partial charge in [-0.1, -0.05) is 54.6 Å². The Kier molecular flexibility index (Phi) is 14.5. The SMILES string of the molecule is COc1ccc(C(OC[C@H]2O[C@@H](n3ccc(=O)[nH]c3=O)[C@H](NC(=O)C(F)(F)F)[C@@H]2OP(=O)(NC[C@H]2O[C@@H](n3cc(C)c(=O)[nH]c3=O)C[C@@H]2O)OC)(c2ccccc2)c2ccc(OC)cc2)cc1. The summed E-state index contributed by atoms with van der Waals surface area (Å²) in [7, 11) is -0.871. The Morgan fingerprint density at radius 3 is 2.00 bits per heavy atom. The minimum atomic E-state index is -5.49. The summed E-state index contributed by atoms with van der Waals surface area (Å²) in [5.74, 6) is -1.49. The van der Waals surface area contributed by atoms with Crippen molar-refractivity contribution in [3.8, 4) is 11.5 Å². The van der Waals surface area contributed by atoms with E-state index in [1.807, 2.05) is 10.3 Å². The Hall–Kier alpha value is -6.17. The number of rotatable bonds is 17. The molecule has 0 spiro atoms. The molecular weight excluding hydrogens is 912 g/mol. The highest BCUT2D eigenvalue weighted by molar-refractivity contribution is 7.51. The lowest BCUT2D eigenvalue weighted by Crippen LogP contribution is -2.53. The van der Waals surface area contributed by atoms with Crippen molar-refractivity contribution in [2.75, 3.05) is 34.5 Å². The molecule has 2 aliphatic rings. The lowest BCUT2D eigenvalue weighted by atomic mass is 9.80. The van der Waals surface area contributed by atoms with E-state index in [9.17, 15) is 46.8 Å². The first-order valence-corrected chi connectivity index (χ1v) is 22.0. The van der Waals surface area contributed by atoms with Crippen molar-refractivity contribution in [2.24, 2.45) is 0 Å². The van der Waals surface area contributed by atoms with Gasteiger partial charge in [0.25, 0.3) is 11.1 Å². The highest BCUT2D eigenvalue weighted by Gasteiger charge is 2.54. The molecule has 358 valence electrons. The van der Waals surface area contributed by atoms with Gasteiger partial charge >= 0.3 is 31.2 Å². The highest BCUT2D eigenvalue weighted by Crippen LogP contribution is 2.49. The van der Waals surface area contributed by atoms with Gasteiger partial charge in [0.05, 0.1) is 33.0 Å². The number of carbonyl (C=O) groups is 1. The first kappa shape index (κ1) is 48.8. The number of aliphatic hydroxyl groups excluding tert-OH is 1. The molecule has 2 aliphatic heterocycles. The molecule has 5 aromatic rings. The highest BCUT2D eigenvalue weighted by atomic mass is 31.2. The summed E-state index contributed by atoms with van der Waals surface area (Å²) in [6.45, 7) is 0.315. The molecule has 2 aromatic heterocycles. The second-order valence-corrected chi connectivity index (χ2v) is 17.3. The van der Waals surface area contributed by atoms with Crippen molar-refractivity contribution < 1.29 is 60.4 Å². The summed E-state index contributed by atoms with van der Waals surface area (Å²) >= 11 is 0. The molecule has 2 saturated heterocycles. The van der Waals surface area contributed by atoms with E-state index in [2.05, 4.69) is 10.1 Å². The summed E-state index contributed by atoms with van der Waals surface area (Å²) in [6, 6.07) is 21.4. The fourth-order valence-corrected chi connectivity index (χ4v) is 9.19. The molecule has 20 nitrogen and oxygen atoms in total. The number of alkyl halides is 3. The van der Waals surface area contributed by atoms with Crippen molar-refractivity contribution in [1.82, 2.24) is 29.5 Å². The smallest absolute Gasteiger partial charge is 0.471 e. The third kappa shape index (κ3) is 10.4. The molecule has 1 amide bonds. The maximum atomic E-state index is 14.6. The number of H-pyrrole nitrogens is 2. The molecule has 0 bridgehead atoms. The van der Waals surface area contributed by atoms with Gasteiger partial charge < -0.3 is 38.6 Å². The Bertz CT molecular complexity index is 2770. The van der Waals surface area contributed by atoms with Crippen molar-refractivity contribution in [3.05, 3.63) is 161 Å². The predicted octanol–water partition coefficient (Wildman–Crippen LogP) is 2.74. The number of aliphatic hydroxyl groups is 1. The lowest BCUT2D eigenvalue weighted by molar-refractivity contribution is -0.175. The minimum Gasteiger partial charge on any atom is -0.497 e. The van der Waals surface area contributed by atoms with Gasteiger partial charge in [0.15, 0.2) is 6.23 Å². The van der Waals surface area contributed by atoms with Gasteiger partial charge in [0, 0.05) is 44.1 Å².